The van der Waals surface area contributed by atoms with Crippen LogP contribution in [0.15, 0.2) is 91.0 Å². The van der Waals surface area contributed by atoms with Crippen molar-refractivity contribution >= 4 is 17.3 Å². The Balaban J connectivity index is 1.45. The molecule has 0 aliphatic heterocycles. The van der Waals surface area contributed by atoms with Crippen molar-refractivity contribution in [2.75, 3.05) is 11.9 Å². The van der Waals surface area contributed by atoms with Crippen LogP contribution in [0.4, 0.5) is 11.4 Å². The Morgan fingerprint density at radius 3 is 2.11 bits per heavy atom. The SMILES string of the molecule is C=C(C)C(=O)Oc1ccc(CCOc2ccc(Nc3ccccc3)cc2)cc1. The molecular weight excluding hydrogens is 350 g/mol. The van der Waals surface area contributed by atoms with Gasteiger partial charge in [-0.2, -0.15) is 0 Å². The smallest absolute Gasteiger partial charge is 0.338 e. The van der Waals surface area contributed by atoms with Crippen LogP contribution in [-0.2, 0) is 11.2 Å². The van der Waals surface area contributed by atoms with Crippen molar-refractivity contribution in [2.45, 2.75) is 13.3 Å². The second-order valence-corrected chi connectivity index (χ2v) is 6.43. The molecule has 0 spiro atoms. The Kier molecular flexibility index (Phi) is 6.47. The molecule has 0 radical (unpaired) electrons. The number of hydrogen-bond acceptors (Lipinski definition) is 4. The third-order valence-corrected chi connectivity index (χ3v) is 4.06. The Labute approximate surface area is 165 Å². The van der Waals surface area contributed by atoms with Gasteiger partial charge in [0.2, 0.25) is 0 Å². The molecular formula is C24H23NO3. The first-order valence-corrected chi connectivity index (χ1v) is 9.12. The molecule has 0 aromatic heterocycles. The molecule has 4 heteroatoms. The summed E-state index contributed by atoms with van der Waals surface area (Å²) in [6.45, 7) is 5.76. The highest BCUT2D eigenvalue weighted by Crippen LogP contribution is 2.20. The van der Waals surface area contributed by atoms with Crippen LogP contribution < -0.4 is 14.8 Å². The molecule has 0 unspecified atom stereocenters. The Hall–Kier alpha value is -3.53. The minimum atomic E-state index is -0.415. The van der Waals surface area contributed by atoms with E-state index in [4.69, 9.17) is 9.47 Å². The molecule has 0 saturated heterocycles. The van der Waals surface area contributed by atoms with Gasteiger partial charge in [-0.15, -0.1) is 0 Å². The fraction of sp³-hybridized carbons (Fsp3) is 0.125. The first-order valence-electron chi connectivity index (χ1n) is 9.12. The summed E-state index contributed by atoms with van der Waals surface area (Å²) in [5.41, 5.74) is 3.55. The van der Waals surface area contributed by atoms with Crippen molar-refractivity contribution in [3.8, 4) is 11.5 Å². The van der Waals surface area contributed by atoms with Gasteiger partial charge in [0.1, 0.15) is 11.5 Å². The molecule has 0 saturated carbocycles. The lowest BCUT2D eigenvalue weighted by molar-refractivity contribution is -0.130. The van der Waals surface area contributed by atoms with Crippen molar-refractivity contribution < 1.29 is 14.3 Å². The maximum atomic E-state index is 11.5. The van der Waals surface area contributed by atoms with Crippen LogP contribution >= 0.6 is 0 Å². The van der Waals surface area contributed by atoms with Gasteiger partial charge in [0.05, 0.1) is 6.61 Å². The molecule has 0 heterocycles. The summed E-state index contributed by atoms with van der Waals surface area (Å²) in [4.78, 5) is 11.5. The van der Waals surface area contributed by atoms with E-state index >= 15 is 0 Å². The summed E-state index contributed by atoms with van der Waals surface area (Å²) >= 11 is 0. The predicted octanol–water partition coefficient (Wildman–Crippen LogP) is 5.53. The van der Waals surface area contributed by atoms with Crippen LogP contribution in [0, 0.1) is 0 Å². The van der Waals surface area contributed by atoms with Crippen LogP contribution in [0.3, 0.4) is 0 Å². The maximum absolute atomic E-state index is 11.5. The van der Waals surface area contributed by atoms with Gasteiger partial charge < -0.3 is 14.8 Å². The fourth-order valence-electron chi connectivity index (χ4n) is 2.53. The van der Waals surface area contributed by atoms with Crippen molar-refractivity contribution in [3.05, 3.63) is 96.6 Å². The van der Waals surface area contributed by atoms with Crippen LogP contribution in [0.25, 0.3) is 0 Å². The van der Waals surface area contributed by atoms with Crippen LogP contribution in [0.5, 0.6) is 11.5 Å². The summed E-state index contributed by atoms with van der Waals surface area (Å²) in [7, 11) is 0. The number of nitrogens with one attached hydrogen (secondary N) is 1. The highest BCUT2D eigenvalue weighted by atomic mass is 16.5. The lowest BCUT2D eigenvalue weighted by Crippen LogP contribution is -2.08. The normalized spacial score (nSPS) is 10.2. The highest BCUT2D eigenvalue weighted by molar-refractivity contribution is 5.88. The average Bonchev–Trinajstić information content (AvgIpc) is 2.71. The molecule has 28 heavy (non-hydrogen) atoms. The van der Waals surface area contributed by atoms with Crippen LogP contribution in [0.2, 0.25) is 0 Å². The number of benzene rings is 3. The minimum Gasteiger partial charge on any atom is -0.493 e. The van der Waals surface area contributed by atoms with Gasteiger partial charge in [0, 0.05) is 23.4 Å². The molecule has 0 amide bonds. The zero-order chi connectivity index (χ0) is 19.8. The molecule has 4 nitrogen and oxygen atoms in total. The van der Waals surface area contributed by atoms with E-state index in [9.17, 15) is 4.79 Å². The van der Waals surface area contributed by atoms with Crippen molar-refractivity contribution in [3.63, 3.8) is 0 Å². The summed E-state index contributed by atoms with van der Waals surface area (Å²) in [6, 6.07) is 25.3. The number of carbonyl (C=O) groups excluding carboxylic acids is 1. The van der Waals surface area contributed by atoms with E-state index in [0.717, 1.165) is 29.1 Å². The summed E-state index contributed by atoms with van der Waals surface area (Å²) in [6.07, 6.45) is 0.763. The Morgan fingerprint density at radius 1 is 0.857 bits per heavy atom. The Bertz CT molecular complexity index is 916. The standard InChI is InChI=1S/C24H23NO3/c1-18(2)24(26)28-23-12-8-19(9-13-23)16-17-27-22-14-10-21(11-15-22)25-20-6-4-3-5-7-20/h3-15,25H,1,16-17H2,2H3. The van der Waals surface area contributed by atoms with Gasteiger partial charge in [-0.1, -0.05) is 36.9 Å². The molecule has 0 aliphatic rings. The second kappa shape index (κ2) is 9.42. The molecule has 0 fully saturated rings. The molecule has 142 valence electrons. The first kappa shape index (κ1) is 19.2. The van der Waals surface area contributed by atoms with E-state index in [0.29, 0.717) is 17.9 Å². The molecule has 3 aromatic carbocycles. The molecule has 0 atom stereocenters. The lowest BCUT2D eigenvalue weighted by Gasteiger charge is -2.09. The number of para-hydroxylation sites is 1. The van der Waals surface area contributed by atoms with Gasteiger partial charge in [-0.05, 0) is 61.0 Å². The molecule has 0 aliphatic carbocycles. The third kappa shape index (κ3) is 5.74. The van der Waals surface area contributed by atoms with Gasteiger partial charge in [0.25, 0.3) is 0 Å². The monoisotopic (exact) mass is 373 g/mol. The largest absolute Gasteiger partial charge is 0.493 e. The summed E-state index contributed by atoms with van der Waals surface area (Å²) < 4.78 is 11.0. The first-order chi connectivity index (χ1) is 13.6. The summed E-state index contributed by atoms with van der Waals surface area (Å²) in [5.74, 6) is 0.922. The predicted molar refractivity (Wildman–Crippen MR) is 112 cm³/mol. The topological polar surface area (TPSA) is 47.6 Å². The van der Waals surface area contributed by atoms with Gasteiger partial charge >= 0.3 is 5.97 Å². The molecule has 3 aromatic rings. The quantitative estimate of drug-likeness (QED) is 0.320. The molecule has 3 rings (SSSR count). The van der Waals surface area contributed by atoms with Crippen LogP contribution in [-0.4, -0.2) is 12.6 Å². The minimum absolute atomic E-state index is 0.377. The van der Waals surface area contributed by atoms with Gasteiger partial charge in [0.15, 0.2) is 0 Å². The van der Waals surface area contributed by atoms with Crippen molar-refractivity contribution in [1.29, 1.82) is 0 Å². The molecule has 1 N–H and O–H groups in total. The number of anilines is 2. The van der Waals surface area contributed by atoms with Gasteiger partial charge in [-0.3, -0.25) is 0 Å². The highest BCUT2D eigenvalue weighted by Gasteiger charge is 2.05. The lowest BCUT2D eigenvalue weighted by atomic mass is 10.1. The zero-order valence-corrected chi connectivity index (χ0v) is 15.9. The van der Waals surface area contributed by atoms with E-state index in [2.05, 4.69) is 11.9 Å². The number of hydrogen-bond donors (Lipinski definition) is 1. The number of esters is 1. The fourth-order valence-corrected chi connectivity index (χ4v) is 2.53. The zero-order valence-electron chi connectivity index (χ0n) is 15.9. The van der Waals surface area contributed by atoms with E-state index in [-0.39, 0.29) is 0 Å². The average molecular weight is 373 g/mol. The number of rotatable bonds is 8. The maximum Gasteiger partial charge on any atom is 0.338 e. The van der Waals surface area contributed by atoms with E-state index in [1.165, 1.54) is 0 Å². The second-order valence-electron chi connectivity index (χ2n) is 6.43. The van der Waals surface area contributed by atoms with Crippen molar-refractivity contribution in [2.24, 2.45) is 0 Å². The summed E-state index contributed by atoms with van der Waals surface area (Å²) in [5, 5.41) is 3.34. The Morgan fingerprint density at radius 2 is 1.46 bits per heavy atom. The van der Waals surface area contributed by atoms with E-state index < -0.39 is 5.97 Å². The third-order valence-electron chi connectivity index (χ3n) is 4.06. The number of carbonyl (C=O) groups is 1. The van der Waals surface area contributed by atoms with E-state index in [1.54, 1.807) is 19.1 Å². The van der Waals surface area contributed by atoms with Crippen molar-refractivity contribution in [1.82, 2.24) is 0 Å². The molecule has 0 bridgehead atoms. The number of ether oxygens (including phenoxy) is 2. The van der Waals surface area contributed by atoms with Crippen LogP contribution in [0.1, 0.15) is 12.5 Å². The van der Waals surface area contributed by atoms with E-state index in [1.807, 2.05) is 66.7 Å². The van der Waals surface area contributed by atoms with Gasteiger partial charge in [-0.25, -0.2) is 4.79 Å².